The van der Waals surface area contributed by atoms with E-state index in [1.165, 1.54) is 43.2 Å². The molecule has 1 aliphatic carbocycles. The van der Waals surface area contributed by atoms with Crippen LogP contribution in [0, 0.1) is 0 Å². The van der Waals surface area contributed by atoms with Gasteiger partial charge in [0.25, 0.3) is 0 Å². The van der Waals surface area contributed by atoms with E-state index in [0.717, 1.165) is 45.3 Å². The second kappa shape index (κ2) is 11.5. The molecule has 1 saturated heterocycles. The number of unbranched alkanes of at least 4 members (excludes halogenated alkanes) is 5. The van der Waals surface area contributed by atoms with E-state index in [1.807, 2.05) is 6.07 Å². The van der Waals surface area contributed by atoms with Gasteiger partial charge in [0.05, 0.1) is 6.61 Å². The maximum Gasteiger partial charge on any atom is 0.194 e. The van der Waals surface area contributed by atoms with Gasteiger partial charge in [-0.05, 0) is 42.9 Å². The molecule has 0 bridgehead atoms. The molecule has 2 unspecified atom stereocenters. The van der Waals surface area contributed by atoms with E-state index in [4.69, 9.17) is 14.2 Å². The maximum atomic E-state index is 6.37. The van der Waals surface area contributed by atoms with Crippen LogP contribution in [0.2, 0.25) is 0 Å². The van der Waals surface area contributed by atoms with Crippen LogP contribution in [0.1, 0.15) is 76.7 Å². The van der Waals surface area contributed by atoms with Gasteiger partial charge in [0, 0.05) is 13.0 Å². The van der Waals surface area contributed by atoms with Crippen LogP contribution in [-0.4, -0.2) is 25.3 Å². The van der Waals surface area contributed by atoms with Crippen molar-refractivity contribution in [3.05, 3.63) is 54.1 Å². The molecule has 2 atom stereocenters. The lowest BCUT2D eigenvalue weighted by atomic mass is 9.96. The minimum Gasteiger partial charge on any atom is -0.353 e. The van der Waals surface area contributed by atoms with Crippen LogP contribution >= 0.6 is 0 Å². The highest BCUT2D eigenvalue weighted by Gasteiger charge is 2.34. The van der Waals surface area contributed by atoms with Gasteiger partial charge in [0.2, 0.25) is 0 Å². The molecule has 3 nitrogen and oxygen atoms in total. The zero-order valence-corrected chi connectivity index (χ0v) is 17.4. The molecule has 2 aliphatic rings. The molecule has 28 heavy (non-hydrogen) atoms. The highest BCUT2D eigenvalue weighted by molar-refractivity contribution is 5.75. The lowest BCUT2D eigenvalue weighted by Crippen LogP contribution is -2.40. The van der Waals surface area contributed by atoms with Crippen molar-refractivity contribution in [2.75, 3.05) is 13.2 Å². The summed E-state index contributed by atoms with van der Waals surface area (Å²) >= 11 is 0. The predicted molar refractivity (Wildman–Crippen MR) is 115 cm³/mol. The molecule has 1 aromatic rings. The fraction of sp³-hybridized carbons (Fsp3) is 0.600. The molecule has 0 aromatic heterocycles. The molecule has 0 N–H and O–H groups in total. The van der Waals surface area contributed by atoms with Crippen LogP contribution in [0.4, 0.5) is 0 Å². The summed E-state index contributed by atoms with van der Waals surface area (Å²) in [4.78, 5) is 0. The fourth-order valence-electron chi connectivity index (χ4n) is 3.83. The molecule has 0 spiro atoms. The first-order valence-electron chi connectivity index (χ1n) is 11.2. The quantitative estimate of drug-likeness (QED) is 0.316. The summed E-state index contributed by atoms with van der Waals surface area (Å²) in [5.41, 5.74) is 2.46. The Balaban J connectivity index is 1.56. The van der Waals surface area contributed by atoms with Gasteiger partial charge in [0.1, 0.15) is 0 Å². The van der Waals surface area contributed by atoms with E-state index in [2.05, 4.69) is 49.4 Å². The Hall–Kier alpha value is -1.42. The molecular weight excluding hydrogens is 348 g/mol. The minimum atomic E-state index is -0.691. The van der Waals surface area contributed by atoms with Crippen molar-refractivity contribution >= 4 is 5.57 Å². The van der Waals surface area contributed by atoms with Crippen LogP contribution < -0.4 is 0 Å². The van der Waals surface area contributed by atoms with E-state index in [0.29, 0.717) is 0 Å². The average Bonchev–Trinajstić information content (AvgIpc) is 2.75. The van der Waals surface area contributed by atoms with Crippen LogP contribution in [0.3, 0.4) is 0 Å². The standard InChI is InChI=1S/C25H36O3/c1-2-3-4-5-6-11-21-27-25(28-24-15-10-12-20-26-24)18-16-23(17-19-25)22-13-8-7-9-14-22/h7-9,13-14,16-18,24H,2-6,10-12,15,19-21H2,1H3. The molecule has 1 aliphatic heterocycles. The SMILES string of the molecule is CCCCCCCCOC1(OC2CCCCO2)C=CC(c2ccccc2)=CC1. The van der Waals surface area contributed by atoms with Crippen molar-refractivity contribution in [2.45, 2.75) is 83.2 Å². The average molecular weight is 385 g/mol. The second-order valence-electron chi connectivity index (χ2n) is 7.90. The number of allylic oxidation sites excluding steroid dienone is 2. The monoisotopic (exact) mass is 384 g/mol. The third-order valence-electron chi connectivity index (χ3n) is 5.54. The van der Waals surface area contributed by atoms with Crippen LogP contribution in [0.25, 0.3) is 5.57 Å². The van der Waals surface area contributed by atoms with Gasteiger partial charge in [-0.25, -0.2) is 0 Å². The van der Waals surface area contributed by atoms with Crippen molar-refractivity contribution in [3.63, 3.8) is 0 Å². The van der Waals surface area contributed by atoms with Gasteiger partial charge in [0.15, 0.2) is 12.1 Å². The third kappa shape index (κ3) is 6.58. The molecule has 1 fully saturated rings. The number of rotatable bonds is 11. The number of hydrogen-bond donors (Lipinski definition) is 0. The topological polar surface area (TPSA) is 27.7 Å². The van der Waals surface area contributed by atoms with Crippen LogP contribution in [0.15, 0.2) is 48.6 Å². The minimum absolute atomic E-state index is 0.158. The highest BCUT2D eigenvalue weighted by atomic mass is 16.8. The second-order valence-corrected chi connectivity index (χ2v) is 7.90. The number of hydrogen-bond acceptors (Lipinski definition) is 3. The lowest BCUT2D eigenvalue weighted by molar-refractivity contribution is -0.293. The Kier molecular flexibility index (Phi) is 8.78. The summed E-state index contributed by atoms with van der Waals surface area (Å²) in [6.45, 7) is 3.77. The Morgan fingerprint density at radius 1 is 1.04 bits per heavy atom. The smallest absolute Gasteiger partial charge is 0.194 e. The Labute approximate surface area is 170 Å². The van der Waals surface area contributed by atoms with Crippen LogP contribution in [0.5, 0.6) is 0 Å². The summed E-state index contributed by atoms with van der Waals surface area (Å²) in [6.07, 6.45) is 17.8. The van der Waals surface area contributed by atoms with Crippen molar-refractivity contribution in [3.8, 4) is 0 Å². The summed E-state index contributed by atoms with van der Waals surface area (Å²) in [6, 6.07) is 10.5. The van der Waals surface area contributed by atoms with E-state index >= 15 is 0 Å². The highest BCUT2D eigenvalue weighted by Crippen LogP contribution is 2.33. The van der Waals surface area contributed by atoms with Crippen molar-refractivity contribution < 1.29 is 14.2 Å². The largest absolute Gasteiger partial charge is 0.353 e. The zero-order chi connectivity index (χ0) is 19.5. The Morgan fingerprint density at radius 2 is 1.86 bits per heavy atom. The summed E-state index contributed by atoms with van der Waals surface area (Å²) in [7, 11) is 0. The summed E-state index contributed by atoms with van der Waals surface area (Å²) in [5, 5.41) is 0. The van der Waals surface area contributed by atoms with Crippen molar-refractivity contribution in [1.82, 2.24) is 0 Å². The first kappa shape index (κ1) is 21.3. The van der Waals surface area contributed by atoms with Crippen LogP contribution in [-0.2, 0) is 14.2 Å². The van der Waals surface area contributed by atoms with Gasteiger partial charge < -0.3 is 14.2 Å². The first-order valence-corrected chi connectivity index (χ1v) is 11.2. The molecule has 0 amide bonds. The van der Waals surface area contributed by atoms with E-state index in [-0.39, 0.29) is 6.29 Å². The third-order valence-corrected chi connectivity index (χ3v) is 5.54. The Bertz CT molecular complexity index is 616. The molecule has 0 saturated carbocycles. The van der Waals surface area contributed by atoms with Gasteiger partial charge in [-0.1, -0.05) is 81.5 Å². The molecule has 3 rings (SSSR count). The van der Waals surface area contributed by atoms with Gasteiger partial charge in [-0.3, -0.25) is 0 Å². The summed E-state index contributed by atoms with van der Waals surface area (Å²) in [5.74, 6) is -0.691. The van der Waals surface area contributed by atoms with Gasteiger partial charge >= 0.3 is 0 Å². The molecule has 1 heterocycles. The number of ether oxygens (including phenoxy) is 3. The molecule has 0 radical (unpaired) electrons. The van der Waals surface area contributed by atoms with E-state index < -0.39 is 5.79 Å². The van der Waals surface area contributed by atoms with E-state index in [1.54, 1.807) is 0 Å². The van der Waals surface area contributed by atoms with Gasteiger partial charge in [-0.15, -0.1) is 0 Å². The van der Waals surface area contributed by atoms with Crippen molar-refractivity contribution in [2.24, 2.45) is 0 Å². The molecule has 1 aromatic carbocycles. The first-order chi connectivity index (χ1) is 13.8. The normalized spacial score (nSPS) is 24.9. The molecule has 3 heteroatoms. The fourth-order valence-corrected chi connectivity index (χ4v) is 3.83. The van der Waals surface area contributed by atoms with Gasteiger partial charge in [-0.2, -0.15) is 0 Å². The summed E-state index contributed by atoms with van der Waals surface area (Å²) < 4.78 is 18.5. The molecule has 154 valence electrons. The zero-order valence-electron chi connectivity index (χ0n) is 17.4. The maximum absolute atomic E-state index is 6.37. The number of benzene rings is 1. The lowest BCUT2D eigenvalue weighted by Gasteiger charge is -2.37. The van der Waals surface area contributed by atoms with Crippen molar-refractivity contribution in [1.29, 1.82) is 0 Å². The predicted octanol–water partition coefficient (Wildman–Crippen LogP) is 6.65. The van der Waals surface area contributed by atoms with E-state index in [9.17, 15) is 0 Å². The molecular formula is C25H36O3. The Morgan fingerprint density at radius 3 is 2.57 bits per heavy atom.